The highest BCUT2D eigenvalue weighted by Crippen LogP contribution is 2.16. The second-order valence-corrected chi connectivity index (χ2v) is 8.48. The summed E-state index contributed by atoms with van der Waals surface area (Å²) in [5.41, 5.74) is 0. The maximum Gasteiger partial charge on any atom is 0.0445 e. The first kappa shape index (κ1) is 8.41. The third-order valence-corrected chi connectivity index (χ3v) is 5.87. The minimum Gasteiger partial charge on any atom is -0.247 e. The van der Waals surface area contributed by atoms with Gasteiger partial charge >= 0.3 is 0 Å². The van der Waals surface area contributed by atoms with E-state index in [-0.39, 0.29) is 0 Å². The van der Waals surface area contributed by atoms with Gasteiger partial charge in [0.2, 0.25) is 0 Å². The number of hydrogen-bond acceptors (Lipinski definition) is 2. The Morgan fingerprint density at radius 3 is 2.50 bits per heavy atom. The van der Waals surface area contributed by atoms with Gasteiger partial charge in [-0.25, -0.2) is 4.31 Å². The fourth-order valence-corrected chi connectivity index (χ4v) is 3.68. The summed E-state index contributed by atoms with van der Waals surface area (Å²) < 4.78 is 2.04. The first-order chi connectivity index (χ1) is 4.56. The van der Waals surface area contributed by atoms with E-state index in [9.17, 15) is 0 Å². The summed E-state index contributed by atoms with van der Waals surface area (Å²) in [6.45, 7) is 0.888. The van der Waals surface area contributed by atoms with Crippen LogP contribution in [0.1, 0.15) is 0 Å². The van der Waals surface area contributed by atoms with Crippen LogP contribution in [0.15, 0.2) is 0 Å². The molecule has 1 heterocycles. The van der Waals surface area contributed by atoms with E-state index in [1.54, 1.807) is 0 Å². The Hall–Kier alpha value is 0.310. The van der Waals surface area contributed by atoms with Gasteiger partial charge in [0.25, 0.3) is 0 Å². The highest BCUT2D eigenvalue weighted by atomic mass is 33.1. The van der Waals surface area contributed by atoms with Gasteiger partial charge in [0, 0.05) is 18.2 Å². The molecule has 1 fully saturated rings. The van der Waals surface area contributed by atoms with Crippen molar-refractivity contribution in [3.05, 3.63) is 0 Å². The summed E-state index contributed by atoms with van der Waals surface area (Å²) in [7, 11) is 0.636. The Morgan fingerprint density at radius 1 is 1.70 bits per heavy atom. The summed E-state index contributed by atoms with van der Waals surface area (Å²) in [5.74, 6) is 3.85. The molecule has 0 aromatic carbocycles. The fourth-order valence-electron chi connectivity index (χ4n) is 0.959. The lowest BCUT2D eigenvalue weighted by atomic mass is 10.2. The molecule has 10 heavy (non-hydrogen) atoms. The minimum absolute atomic E-state index is 0.301. The van der Waals surface area contributed by atoms with Crippen molar-refractivity contribution in [2.45, 2.75) is 0 Å². The lowest BCUT2D eigenvalue weighted by molar-refractivity contribution is 0.547. The average Bonchev–Trinajstić information content (AvgIpc) is 2.08. The molecule has 0 aromatic rings. The molecule has 1 nitrogen and oxygen atoms in total. The molecule has 0 aliphatic carbocycles. The zero-order valence-corrected chi connectivity index (χ0v) is 8.19. The van der Waals surface area contributed by atoms with E-state index in [0.717, 1.165) is 12.3 Å². The van der Waals surface area contributed by atoms with Crippen LogP contribution in [-0.4, -0.2) is 23.7 Å². The Bertz CT molecular complexity index is 259. The molecule has 1 aliphatic rings. The number of hydrogen-bond donors (Lipinski definition) is 0. The van der Waals surface area contributed by atoms with Crippen molar-refractivity contribution in [2.75, 3.05) is 19.3 Å². The molecule has 0 aromatic heterocycles. The van der Waals surface area contributed by atoms with E-state index in [1.807, 2.05) is 11.4 Å². The van der Waals surface area contributed by atoms with E-state index >= 15 is 0 Å². The van der Waals surface area contributed by atoms with Crippen molar-refractivity contribution >= 4 is 29.7 Å². The molecule has 1 unspecified atom stereocenters. The highest BCUT2D eigenvalue weighted by Gasteiger charge is 2.25. The van der Waals surface area contributed by atoms with Crippen LogP contribution in [-0.2, 0) is 29.7 Å². The molecule has 4 heteroatoms. The topological polar surface area (TPSA) is 3.24 Å². The van der Waals surface area contributed by atoms with Crippen molar-refractivity contribution in [3.63, 3.8) is 0 Å². The van der Waals surface area contributed by atoms with Crippen molar-refractivity contribution in [1.82, 2.24) is 4.31 Å². The van der Waals surface area contributed by atoms with Crippen LogP contribution in [0.25, 0.3) is 0 Å². The largest absolute Gasteiger partial charge is 0.247 e. The van der Waals surface area contributed by atoms with Crippen molar-refractivity contribution < 1.29 is 0 Å². The Kier molecular flexibility index (Phi) is 2.31. The molecule has 1 atom stereocenters. The van der Waals surface area contributed by atoms with Gasteiger partial charge < -0.3 is 0 Å². The summed E-state index contributed by atoms with van der Waals surface area (Å²) in [5, 5.41) is 0. The standard InChI is InChI=1S/C6H9NS3/c1-3-6-4-7(2)10(8,9)5-6/h1,6H,4-5H2,2H3. The molecular formula is C6H9NS3. The van der Waals surface area contributed by atoms with Gasteiger partial charge in [-0.1, -0.05) is 0 Å². The third kappa shape index (κ3) is 1.48. The van der Waals surface area contributed by atoms with Crippen LogP contribution in [0.5, 0.6) is 0 Å². The van der Waals surface area contributed by atoms with Gasteiger partial charge in [-0.05, 0) is 36.8 Å². The van der Waals surface area contributed by atoms with Gasteiger partial charge in [0.1, 0.15) is 0 Å². The number of nitrogens with zero attached hydrogens (tertiary/aromatic N) is 1. The zero-order valence-electron chi connectivity index (χ0n) is 5.74. The van der Waals surface area contributed by atoms with E-state index < -0.39 is 7.33 Å². The smallest absolute Gasteiger partial charge is 0.0445 e. The molecule has 1 saturated heterocycles. The molecule has 0 saturated carbocycles. The van der Waals surface area contributed by atoms with E-state index in [4.69, 9.17) is 28.8 Å². The normalized spacial score (nSPS) is 31.8. The average molecular weight is 191 g/mol. The molecule has 0 N–H and O–H groups in total. The molecule has 56 valence electrons. The number of terminal acetylenes is 1. The lowest BCUT2D eigenvalue weighted by Crippen LogP contribution is -2.18. The third-order valence-electron chi connectivity index (χ3n) is 1.60. The second-order valence-electron chi connectivity index (χ2n) is 2.42. The maximum atomic E-state index is 5.26. The van der Waals surface area contributed by atoms with Gasteiger partial charge in [-0.2, -0.15) is 0 Å². The van der Waals surface area contributed by atoms with Crippen LogP contribution < -0.4 is 0 Å². The summed E-state index contributed by atoms with van der Waals surface area (Å²) >= 11 is 10.4. The van der Waals surface area contributed by atoms with Gasteiger partial charge in [-0.3, -0.25) is 0 Å². The van der Waals surface area contributed by atoms with Gasteiger partial charge in [-0.15, -0.1) is 12.3 Å². The van der Waals surface area contributed by atoms with Gasteiger partial charge in [0.05, 0.1) is 0 Å². The van der Waals surface area contributed by atoms with E-state index in [1.165, 1.54) is 0 Å². The van der Waals surface area contributed by atoms with Crippen molar-refractivity contribution in [1.29, 1.82) is 0 Å². The monoisotopic (exact) mass is 191 g/mol. The Morgan fingerprint density at radius 2 is 2.30 bits per heavy atom. The van der Waals surface area contributed by atoms with Crippen LogP contribution in [0, 0.1) is 18.3 Å². The van der Waals surface area contributed by atoms with Crippen LogP contribution in [0.3, 0.4) is 0 Å². The molecular weight excluding hydrogens is 182 g/mol. The summed E-state index contributed by atoms with van der Waals surface area (Å²) in [6.07, 6.45) is 5.26. The van der Waals surface area contributed by atoms with Crippen LogP contribution >= 0.6 is 0 Å². The predicted octanol–water partition coefficient (Wildman–Crippen LogP) is 0.174. The predicted molar refractivity (Wildman–Crippen MR) is 51.9 cm³/mol. The van der Waals surface area contributed by atoms with Crippen LogP contribution in [0.4, 0.5) is 0 Å². The first-order valence-corrected chi connectivity index (χ1v) is 6.57. The summed E-state index contributed by atoms with van der Waals surface area (Å²) in [6, 6.07) is 0. The summed E-state index contributed by atoms with van der Waals surface area (Å²) in [4.78, 5) is 0. The lowest BCUT2D eigenvalue weighted by Gasteiger charge is -2.10. The first-order valence-electron chi connectivity index (χ1n) is 2.96. The zero-order chi connectivity index (χ0) is 7.78. The molecule has 0 spiro atoms. The Labute approximate surface area is 71.7 Å². The quantitative estimate of drug-likeness (QED) is 0.503. The van der Waals surface area contributed by atoms with Crippen LogP contribution in [0.2, 0.25) is 0 Å². The SMILES string of the molecule is C#CC1CN(C)S(=S)(=S)C1. The van der Waals surface area contributed by atoms with E-state index in [0.29, 0.717) is 5.92 Å². The van der Waals surface area contributed by atoms with E-state index in [2.05, 4.69) is 5.92 Å². The molecule has 1 aliphatic heterocycles. The van der Waals surface area contributed by atoms with Gasteiger partial charge in [0.15, 0.2) is 0 Å². The second kappa shape index (κ2) is 2.74. The molecule has 1 rings (SSSR count). The molecule has 0 bridgehead atoms. The Balaban J connectivity index is 2.84. The number of rotatable bonds is 0. The highest BCUT2D eigenvalue weighted by molar-refractivity contribution is 8.55. The molecule has 0 amide bonds. The fraction of sp³-hybridized carbons (Fsp3) is 0.667. The van der Waals surface area contributed by atoms with Crippen molar-refractivity contribution in [2.24, 2.45) is 5.92 Å². The minimum atomic E-state index is -1.33. The maximum absolute atomic E-state index is 5.26. The van der Waals surface area contributed by atoms with Crippen molar-refractivity contribution in [3.8, 4) is 12.3 Å². The molecule has 0 radical (unpaired) electrons.